The number of hydrogen-bond donors (Lipinski definition) is 1. The summed E-state index contributed by atoms with van der Waals surface area (Å²) in [6.07, 6.45) is 2.62. The van der Waals surface area contributed by atoms with Crippen molar-refractivity contribution in [3.05, 3.63) is 0 Å². The van der Waals surface area contributed by atoms with E-state index in [1.54, 1.807) is 0 Å². The second kappa shape index (κ2) is 4.06. The van der Waals surface area contributed by atoms with Gasteiger partial charge in [0.2, 0.25) is 0 Å². The lowest BCUT2D eigenvalue weighted by atomic mass is 10.0. The molecule has 1 fully saturated rings. The molecule has 0 saturated heterocycles. The van der Waals surface area contributed by atoms with Gasteiger partial charge in [-0.15, -0.1) is 0 Å². The van der Waals surface area contributed by atoms with Crippen LogP contribution in [0.4, 0.5) is 0 Å². The molecule has 2 nitrogen and oxygen atoms in total. The summed E-state index contributed by atoms with van der Waals surface area (Å²) in [5.74, 6) is 0. The summed E-state index contributed by atoms with van der Waals surface area (Å²) >= 11 is 0. The Kier molecular flexibility index (Phi) is 3.52. The highest BCUT2D eigenvalue weighted by atomic mass is 16.5. The van der Waals surface area contributed by atoms with Gasteiger partial charge in [0.05, 0.1) is 12.2 Å². The van der Waals surface area contributed by atoms with Crippen LogP contribution in [-0.4, -0.2) is 24.3 Å². The monoisotopic (exact) mass is 213 g/mol. The molecule has 0 aliphatic heterocycles. The smallest absolute Gasteiger partial charge is 0.0598 e. The van der Waals surface area contributed by atoms with Crippen molar-refractivity contribution in [1.82, 2.24) is 5.32 Å². The maximum Gasteiger partial charge on any atom is 0.0598 e. The van der Waals surface area contributed by atoms with Crippen LogP contribution in [0.2, 0.25) is 0 Å². The molecule has 2 heteroatoms. The van der Waals surface area contributed by atoms with Crippen molar-refractivity contribution in [2.75, 3.05) is 13.2 Å². The molecule has 0 heterocycles. The molecule has 0 radical (unpaired) electrons. The van der Waals surface area contributed by atoms with Gasteiger partial charge < -0.3 is 10.1 Å². The van der Waals surface area contributed by atoms with E-state index in [1.165, 1.54) is 12.8 Å². The van der Waals surface area contributed by atoms with E-state index in [-0.39, 0.29) is 11.1 Å². The molecule has 1 rings (SSSR count). The topological polar surface area (TPSA) is 21.3 Å². The molecule has 15 heavy (non-hydrogen) atoms. The number of hydrogen-bond acceptors (Lipinski definition) is 2. The number of rotatable bonds is 4. The van der Waals surface area contributed by atoms with E-state index in [0.717, 1.165) is 13.2 Å². The van der Waals surface area contributed by atoms with Crippen LogP contribution < -0.4 is 5.32 Å². The van der Waals surface area contributed by atoms with Crippen LogP contribution in [0.15, 0.2) is 0 Å². The fraction of sp³-hybridized carbons (Fsp3) is 1.00. The molecule has 0 spiro atoms. The van der Waals surface area contributed by atoms with Gasteiger partial charge in [-0.2, -0.15) is 0 Å². The quantitative estimate of drug-likeness (QED) is 0.775. The van der Waals surface area contributed by atoms with Crippen molar-refractivity contribution in [2.24, 2.45) is 5.41 Å². The highest BCUT2D eigenvalue weighted by molar-refractivity contribution is 4.96. The zero-order valence-corrected chi connectivity index (χ0v) is 11.2. The first-order valence-electron chi connectivity index (χ1n) is 6.01. The Balaban J connectivity index is 2.28. The first kappa shape index (κ1) is 13.0. The minimum atomic E-state index is -0.00266. The standard InChI is InChI=1S/C13H27NO/c1-11(2,3)14-9-13(7-8-13)10-15-12(4,5)6/h14H,7-10H2,1-6H3. The second-order valence-corrected chi connectivity index (χ2v) is 7.00. The Morgan fingerprint density at radius 1 is 1.07 bits per heavy atom. The molecule has 0 aromatic rings. The third kappa shape index (κ3) is 5.53. The Morgan fingerprint density at radius 3 is 1.93 bits per heavy atom. The molecule has 90 valence electrons. The van der Waals surface area contributed by atoms with Crippen LogP contribution in [0, 0.1) is 5.41 Å². The summed E-state index contributed by atoms with van der Waals surface area (Å²) in [4.78, 5) is 0. The van der Waals surface area contributed by atoms with Crippen molar-refractivity contribution in [2.45, 2.75) is 65.5 Å². The number of ether oxygens (including phenoxy) is 1. The SMILES string of the molecule is CC(C)(C)NCC1(COC(C)(C)C)CC1. The fourth-order valence-corrected chi connectivity index (χ4v) is 1.37. The Hall–Kier alpha value is -0.0800. The second-order valence-electron chi connectivity index (χ2n) is 7.00. The Labute approximate surface area is 94.8 Å². The molecule has 0 bridgehead atoms. The van der Waals surface area contributed by atoms with Crippen molar-refractivity contribution >= 4 is 0 Å². The summed E-state index contributed by atoms with van der Waals surface area (Å²) in [6, 6.07) is 0. The van der Waals surface area contributed by atoms with E-state index in [0.29, 0.717) is 5.41 Å². The molecule has 1 aliphatic rings. The van der Waals surface area contributed by atoms with E-state index in [4.69, 9.17) is 4.74 Å². The Morgan fingerprint density at radius 2 is 1.60 bits per heavy atom. The third-order valence-electron chi connectivity index (χ3n) is 2.76. The lowest BCUT2D eigenvalue weighted by molar-refractivity contribution is -0.0284. The molecule has 1 aliphatic carbocycles. The first-order chi connectivity index (χ1) is 6.62. The molecule has 0 atom stereocenters. The van der Waals surface area contributed by atoms with Crippen molar-refractivity contribution in [3.63, 3.8) is 0 Å². The maximum absolute atomic E-state index is 5.88. The lowest BCUT2D eigenvalue weighted by Gasteiger charge is -2.28. The van der Waals surface area contributed by atoms with Gasteiger partial charge in [0.1, 0.15) is 0 Å². The average molecular weight is 213 g/mol. The van der Waals surface area contributed by atoms with Crippen LogP contribution in [0.1, 0.15) is 54.4 Å². The van der Waals surface area contributed by atoms with Crippen LogP contribution in [0.3, 0.4) is 0 Å². The molecule has 1 saturated carbocycles. The van der Waals surface area contributed by atoms with Crippen LogP contribution in [0.5, 0.6) is 0 Å². The highest BCUT2D eigenvalue weighted by Gasteiger charge is 2.43. The molecule has 0 aromatic heterocycles. The van der Waals surface area contributed by atoms with Gasteiger partial charge in [-0.3, -0.25) is 0 Å². The minimum absolute atomic E-state index is 0.00266. The predicted octanol–water partition coefficient (Wildman–Crippen LogP) is 2.97. The fourth-order valence-electron chi connectivity index (χ4n) is 1.37. The zero-order chi connectivity index (χ0) is 11.7. The summed E-state index contributed by atoms with van der Waals surface area (Å²) in [7, 11) is 0. The minimum Gasteiger partial charge on any atom is -0.375 e. The van der Waals surface area contributed by atoms with E-state index < -0.39 is 0 Å². The van der Waals surface area contributed by atoms with E-state index in [1.807, 2.05) is 0 Å². The largest absolute Gasteiger partial charge is 0.375 e. The first-order valence-corrected chi connectivity index (χ1v) is 6.01. The molecule has 0 unspecified atom stereocenters. The normalized spacial score (nSPS) is 20.4. The summed E-state index contributed by atoms with van der Waals surface area (Å²) < 4.78 is 5.88. The van der Waals surface area contributed by atoms with Gasteiger partial charge in [-0.25, -0.2) is 0 Å². The molecule has 0 aromatic carbocycles. The van der Waals surface area contributed by atoms with Crippen LogP contribution in [-0.2, 0) is 4.74 Å². The van der Waals surface area contributed by atoms with Crippen molar-refractivity contribution < 1.29 is 4.74 Å². The van der Waals surface area contributed by atoms with Crippen molar-refractivity contribution in [1.29, 1.82) is 0 Å². The van der Waals surface area contributed by atoms with Gasteiger partial charge in [0.25, 0.3) is 0 Å². The van der Waals surface area contributed by atoms with Gasteiger partial charge in [-0.1, -0.05) is 0 Å². The van der Waals surface area contributed by atoms with Gasteiger partial charge in [-0.05, 0) is 54.4 Å². The van der Waals surface area contributed by atoms with Crippen LogP contribution >= 0.6 is 0 Å². The van der Waals surface area contributed by atoms with Crippen LogP contribution in [0.25, 0.3) is 0 Å². The highest BCUT2D eigenvalue weighted by Crippen LogP contribution is 2.46. The van der Waals surface area contributed by atoms with E-state index in [2.05, 4.69) is 46.9 Å². The zero-order valence-electron chi connectivity index (χ0n) is 11.2. The third-order valence-corrected chi connectivity index (χ3v) is 2.76. The summed E-state index contributed by atoms with van der Waals surface area (Å²) in [6.45, 7) is 15.0. The lowest BCUT2D eigenvalue weighted by Crippen LogP contribution is -2.41. The van der Waals surface area contributed by atoms with E-state index in [9.17, 15) is 0 Å². The van der Waals surface area contributed by atoms with Gasteiger partial charge in [0, 0.05) is 17.5 Å². The molecule has 1 N–H and O–H groups in total. The average Bonchev–Trinajstić information content (AvgIpc) is 2.76. The van der Waals surface area contributed by atoms with Crippen molar-refractivity contribution in [3.8, 4) is 0 Å². The Bertz CT molecular complexity index is 186. The predicted molar refractivity (Wildman–Crippen MR) is 65.1 cm³/mol. The number of nitrogens with one attached hydrogen (secondary N) is 1. The maximum atomic E-state index is 5.88. The summed E-state index contributed by atoms with van der Waals surface area (Å²) in [5.41, 5.74) is 0.648. The van der Waals surface area contributed by atoms with E-state index >= 15 is 0 Å². The molecule has 0 amide bonds. The van der Waals surface area contributed by atoms with Gasteiger partial charge in [0.15, 0.2) is 0 Å². The molecular formula is C13H27NO. The summed E-state index contributed by atoms with van der Waals surface area (Å²) in [5, 5.41) is 3.58. The van der Waals surface area contributed by atoms with Gasteiger partial charge >= 0.3 is 0 Å². The molecular weight excluding hydrogens is 186 g/mol.